The lowest BCUT2D eigenvalue weighted by atomic mass is 9.53. The lowest BCUT2D eigenvalue weighted by Crippen LogP contribution is -2.49. The van der Waals surface area contributed by atoms with Crippen molar-refractivity contribution >= 4 is 22.6 Å². The van der Waals surface area contributed by atoms with Gasteiger partial charge in [-0.05, 0) is 83.6 Å². The lowest BCUT2D eigenvalue weighted by molar-refractivity contribution is -0.0709. The summed E-state index contributed by atoms with van der Waals surface area (Å²) in [4.78, 5) is 0. The fraction of sp³-hybridized carbons (Fsp3) is 0.600. The van der Waals surface area contributed by atoms with Gasteiger partial charge in [0.1, 0.15) is 0 Å². The van der Waals surface area contributed by atoms with Crippen LogP contribution in [0.25, 0.3) is 0 Å². The SMILES string of the molecule is C[C@]12CC[C@@H]3c4ccc(O)c(F)c4CC[C@H]3[C@@H]1CC[C@@]2(O)/C=C\I. The molecule has 0 spiro atoms. The molecule has 0 saturated heterocycles. The standard InChI is InChI=1S/C20H24FIO2/c1-19-8-6-13-12-4-5-17(23)18(21)15(12)3-2-14(13)16(19)7-9-20(19,24)10-11-22/h4-5,10-11,13-14,16,23-24H,2-3,6-9H2,1H3/b11-10-/t13-,14-,16+,19+,20-/m1/s1. The van der Waals surface area contributed by atoms with E-state index in [1.807, 2.05) is 16.2 Å². The number of hydrogen-bond donors (Lipinski definition) is 2. The van der Waals surface area contributed by atoms with Crippen molar-refractivity contribution in [3.8, 4) is 5.75 Å². The molecule has 0 bridgehead atoms. The Labute approximate surface area is 156 Å². The molecule has 2 N–H and O–H groups in total. The fourth-order valence-corrected chi connectivity index (χ4v) is 6.64. The van der Waals surface area contributed by atoms with Crippen molar-refractivity contribution in [3.05, 3.63) is 39.2 Å². The summed E-state index contributed by atoms with van der Waals surface area (Å²) in [5.74, 6) is 0.717. The molecule has 5 atom stereocenters. The third kappa shape index (κ3) is 2.14. The van der Waals surface area contributed by atoms with Crippen molar-refractivity contribution in [2.75, 3.05) is 0 Å². The molecule has 1 aromatic carbocycles. The number of phenols is 1. The highest BCUT2D eigenvalue weighted by Gasteiger charge is 2.60. The van der Waals surface area contributed by atoms with E-state index in [0.717, 1.165) is 43.2 Å². The summed E-state index contributed by atoms with van der Waals surface area (Å²) in [6.07, 6.45) is 7.48. The second kappa shape index (κ2) is 5.70. The van der Waals surface area contributed by atoms with Crippen molar-refractivity contribution in [2.24, 2.45) is 17.3 Å². The van der Waals surface area contributed by atoms with Gasteiger partial charge in [-0.25, -0.2) is 4.39 Å². The van der Waals surface area contributed by atoms with Crippen molar-refractivity contribution in [3.63, 3.8) is 0 Å². The van der Waals surface area contributed by atoms with Crippen LogP contribution in [-0.2, 0) is 6.42 Å². The van der Waals surface area contributed by atoms with Crippen LogP contribution in [0.5, 0.6) is 5.75 Å². The number of phenolic OH excluding ortho intramolecular Hbond substituents is 1. The minimum Gasteiger partial charge on any atom is -0.505 e. The normalized spacial score (nSPS) is 41.1. The molecule has 4 rings (SSSR count). The number of rotatable bonds is 1. The second-order valence-corrected chi connectivity index (χ2v) is 8.81. The Bertz CT molecular complexity index is 703. The van der Waals surface area contributed by atoms with Gasteiger partial charge < -0.3 is 10.2 Å². The molecule has 130 valence electrons. The minimum atomic E-state index is -0.704. The van der Waals surface area contributed by atoms with Gasteiger partial charge in [-0.15, -0.1) is 0 Å². The van der Waals surface area contributed by atoms with Gasteiger partial charge in [0.2, 0.25) is 0 Å². The van der Waals surface area contributed by atoms with Gasteiger partial charge in [0.25, 0.3) is 0 Å². The molecule has 2 fully saturated rings. The number of aromatic hydroxyl groups is 1. The van der Waals surface area contributed by atoms with Crippen LogP contribution in [0.2, 0.25) is 0 Å². The molecule has 0 unspecified atom stereocenters. The Kier molecular flexibility index (Phi) is 3.99. The van der Waals surface area contributed by atoms with Gasteiger partial charge in [0.05, 0.1) is 5.60 Å². The number of benzene rings is 1. The van der Waals surface area contributed by atoms with Gasteiger partial charge in [-0.3, -0.25) is 0 Å². The van der Waals surface area contributed by atoms with E-state index in [4.69, 9.17) is 0 Å². The smallest absolute Gasteiger partial charge is 0.168 e. The molecule has 1 aromatic rings. The summed E-state index contributed by atoms with van der Waals surface area (Å²) >= 11 is 2.20. The van der Waals surface area contributed by atoms with E-state index >= 15 is 0 Å². The summed E-state index contributed by atoms with van der Waals surface area (Å²) < 4.78 is 16.3. The van der Waals surface area contributed by atoms with Crippen molar-refractivity contribution in [2.45, 2.75) is 57.0 Å². The van der Waals surface area contributed by atoms with Gasteiger partial charge in [-0.2, -0.15) is 0 Å². The number of aliphatic hydroxyl groups is 1. The molecular weight excluding hydrogens is 418 g/mol. The van der Waals surface area contributed by atoms with Gasteiger partial charge in [0, 0.05) is 5.41 Å². The molecule has 0 amide bonds. The van der Waals surface area contributed by atoms with Crippen LogP contribution in [0.3, 0.4) is 0 Å². The van der Waals surface area contributed by atoms with E-state index in [9.17, 15) is 14.6 Å². The van der Waals surface area contributed by atoms with Crippen LogP contribution in [0, 0.1) is 23.1 Å². The zero-order valence-corrected chi connectivity index (χ0v) is 16.1. The predicted octanol–water partition coefficient (Wildman–Crippen LogP) is 5.07. The summed E-state index contributed by atoms with van der Waals surface area (Å²) in [5.41, 5.74) is 1.04. The van der Waals surface area contributed by atoms with E-state index in [1.54, 1.807) is 0 Å². The maximum atomic E-state index is 14.3. The summed E-state index contributed by atoms with van der Waals surface area (Å²) in [6, 6.07) is 3.44. The molecule has 0 aromatic heterocycles. The molecular formula is C20H24FIO2. The molecule has 24 heavy (non-hydrogen) atoms. The Morgan fingerprint density at radius 1 is 1.25 bits per heavy atom. The first-order valence-electron chi connectivity index (χ1n) is 8.92. The third-order valence-electron chi connectivity index (χ3n) is 7.38. The van der Waals surface area contributed by atoms with Crippen molar-refractivity contribution in [1.82, 2.24) is 0 Å². The van der Waals surface area contributed by atoms with Crippen molar-refractivity contribution < 1.29 is 14.6 Å². The van der Waals surface area contributed by atoms with Gasteiger partial charge >= 0.3 is 0 Å². The molecule has 2 nitrogen and oxygen atoms in total. The minimum absolute atomic E-state index is 0.0806. The molecule has 3 aliphatic rings. The zero-order chi connectivity index (χ0) is 17.1. The Morgan fingerprint density at radius 2 is 2.04 bits per heavy atom. The first-order valence-corrected chi connectivity index (χ1v) is 10.2. The largest absolute Gasteiger partial charge is 0.505 e. The summed E-state index contributed by atoms with van der Waals surface area (Å²) in [5, 5.41) is 20.9. The highest BCUT2D eigenvalue weighted by atomic mass is 127. The maximum absolute atomic E-state index is 14.3. The van der Waals surface area contributed by atoms with Gasteiger partial charge in [0.15, 0.2) is 11.6 Å². The Hall–Kier alpha value is -0.620. The van der Waals surface area contributed by atoms with E-state index in [-0.39, 0.29) is 11.2 Å². The lowest BCUT2D eigenvalue weighted by Gasteiger charge is -2.52. The van der Waals surface area contributed by atoms with E-state index in [2.05, 4.69) is 29.5 Å². The third-order valence-corrected chi connectivity index (χ3v) is 7.74. The molecule has 3 aliphatic carbocycles. The van der Waals surface area contributed by atoms with Gasteiger partial charge in [-0.1, -0.05) is 35.6 Å². The molecule has 0 heterocycles. The predicted molar refractivity (Wildman–Crippen MR) is 101 cm³/mol. The van der Waals surface area contributed by atoms with Crippen LogP contribution in [-0.4, -0.2) is 15.8 Å². The van der Waals surface area contributed by atoms with Crippen LogP contribution >= 0.6 is 22.6 Å². The number of hydrogen-bond acceptors (Lipinski definition) is 2. The van der Waals surface area contributed by atoms with Crippen molar-refractivity contribution in [1.29, 1.82) is 0 Å². The highest BCUT2D eigenvalue weighted by molar-refractivity contribution is 14.1. The van der Waals surface area contributed by atoms with Crippen LogP contribution < -0.4 is 0 Å². The first-order chi connectivity index (χ1) is 11.4. The first kappa shape index (κ1) is 16.8. The van der Waals surface area contributed by atoms with E-state index in [1.165, 1.54) is 6.07 Å². The molecule has 4 heteroatoms. The Balaban J connectivity index is 1.72. The number of halogens is 2. The average molecular weight is 442 g/mol. The van der Waals surface area contributed by atoms with E-state index < -0.39 is 11.4 Å². The maximum Gasteiger partial charge on any atom is 0.168 e. The highest BCUT2D eigenvalue weighted by Crippen LogP contribution is 2.64. The topological polar surface area (TPSA) is 40.5 Å². The monoisotopic (exact) mass is 442 g/mol. The van der Waals surface area contributed by atoms with Crippen LogP contribution in [0.1, 0.15) is 56.1 Å². The summed E-state index contributed by atoms with van der Waals surface area (Å²) in [6.45, 7) is 2.25. The zero-order valence-electron chi connectivity index (χ0n) is 13.9. The van der Waals surface area contributed by atoms with Crippen LogP contribution in [0.4, 0.5) is 4.39 Å². The second-order valence-electron chi connectivity index (χ2n) is 8.09. The number of fused-ring (bicyclic) bond motifs is 5. The summed E-state index contributed by atoms with van der Waals surface area (Å²) in [7, 11) is 0. The van der Waals surface area contributed by atoms with E-state index in [0.29, 0.717) is 24.2 Å². The molecule has 0 aliphatic heterocycles. The average Bonchev–Trinajstić information content (AvgIpc) is 2.82. The molecule has 2 saturated carbocycles. The quantitative estimate of drug-likeness (QED) is 0.597. The van der Waals surface area contributed by atoms with Crippen LogP contribution in [0.15, 0.2) is 22.3 Å². The molecule has 0 radical (unpaired) electrons. The fourth-order valence-electron chi connectivity index (χ4n) is 6.04. The Morgan fingerprint density at radius 3 is 2.79 bits per heavy atom.